The quantitative estimate of drug-likeness (QED) is 0.159. The average molecular weight is 532 g/mol. The number of H-pyrrole nitrogens is 1. The lowest BCUT2D eigenvalue weighted by atomic mass is 9.76. The van der Waals surface area contributed by atoms with Crippen LogP contribution in [0.15, 0.2) is 121 Å². The number of aromatic nitrogens is 1. The number of fused-ring (bicyclic) bond motifs is 1. The second kappa shape index (κ2) is 12.5. The van der Waals surface area contributed by atoms with Crippen molar-refractivity contribution in [2.75, 3.05) is 13.2 Å². The first-order valence-electron chi connectivity index (χ1n) is 13.5. The fourth-order valence-electron chi connectivity index (χ4n) is 5.30. The van der Waals surface area contributed by atoms with Crippen molar-refractivity contribution >= 4 is 22.8 Å². The van der Waals surface area contributed by atoms with E-state index in [9.17, 15) is 9.59 Å². The monoisotopic (exact) mass is 531 g/mol. The molecule has 0 aliphatic carbocycles. The van der Waals surface area contributed by atoms with Gasteiger partial charge >= 0.3 is 5.97 Å². The Morgan fingerprint density at radius 1 is 0.775 bits per heavy atom. The molecule has 40 heavy (non-hydrogen) atoms. The highest BCUT2D eigenvalue weighted by molar-refractivity contribution is 5.88. The summed E-state index contributed by atoms with van der Waals surface area (Å²) >= 11 is 0. The van der Waals surface area contributed by atoms with E-state index in [1.807, 2.05) is 85.1 Å². The molecule has 1 aromatic heterocycles. The van der Waals surface area contributed by atoms with Gasteiger partial charge in [-0.1, -0.05) is 109 Å². The standard InChI is InChI=1S/C34H33N3O3/c1-2-40-32(38)24-36-33(39)31(22-25-23-35-30-21-13-12-20-29(25)30)37-34(26-14-6-3-7-15-26,27-16-8-4-9-17-27)28-18-10-5-11-19-28/h3-21,23,31,35,37H,2,22,24H2,1H3,(H,36,39). The predicted octanol–water partition coefficient (Wildman–Crippen LogP) is 5.34. The van der Waals surface area contributed by atoms with Crippen LogP contribution >= 0.6 is 0 Å². The van der Waals surface area contributed by atoms with E-state index in [1.54, 1.807) is 6.92 Å². The molecule has 1 amide bonds. The Balaban J connectivity index is 1.63. The summed E-state index contributed by atoms with van der Waals surface area (Å²) in [6.07, 6.45) is 2.35. The molecule has 6 nitrogen and oxygen atoms in total. The average Bonchev–Trinajstić information content (AvgIpc) is 3.42. The SMILES string of the molecule is CCOC(=O)CNC(=O)C(Cc1c[nH]c2ccccc12)NC(c1ccccc1)(c1ccccc1)c1ccccc1. The molecule has 6 heteroatoms. The number of aromatic amines is 1. The second-order valence-electron chi connectivity index (χ2n) is 9.63. The Morgan fingerprint density at radius 2 is 1.30 bits per heavy atom. The number of carbonyl (C=O) groups is 2. The summed E-state index contributed by atoms with van der Waals surface area (Å²) in [6.45, 7) is 1.80. The number of ether oxygens (including phenoxy) is 1. The number of benzene rings is 4. The lowest BCUT2D eigenvalue weighted by Gasteiger charge is -2.40. The number of carbonyl (C=O) groups excluding carboxylic acids is 2. The maximum atomic E-state index is 13.9. The van der Waals surface area contributed by atoms with Crippen LogP contribution in [0.2, 0.25) is 0 Å². The predicted molar refractivity (Wildman–Crippen MR) is 158 cm³/mol. The summed E-state index contributed by atoms with van der Waals surface area (Å²) in [6, 6.07) is 37.8. The summed E-state index contributed by atoms with van der Waals surface area (Å²) in [5.41, 5.74) is 4.13. The van der Waals surface area contributed by atoms with Crippen LogP contribution in [0, 0.1) is 0 Å². The zero-order chi connectivity index (χ0) is 27.8. The molecular weight excluding hydrogens is 498 g/mol. The molecule has 0 bridgehead atoms. The number of esters is 1. The van der Waals surface area contributed by atoms with Gasteiger partial charge in [-0.2, -0.15) is 0 Å². The van der Waals surface area contributed by atoms with Crippen molar-refractivity contribution in [2.24, 2.45) is 0 Å². The number of hydrogen-bond acceptors (Lipinski definition) is 4. The number of amides is 1. The Morgan fingerprint density at radius 3 is 1.85 bits per heavy atom. The van der Waals surface area contributed by atoms with E-state index >= 15 is 0 Å². The highest BCUT2D eigenvalue weighted by Crippen LogP contribution is 2.37. The first-order chi connectivity index (χ1) is 19.6. The maximum Gasteiger partial charge on any atom is 0.325 e. The third kappa shape index (κ3) is 5.67. The van der Waals surface area contributed by atoms with E-state index in [0.717, 1.165) is 33.2 Å². The Kier molecular flexibility index (Phi) is 8.38. The molecule has 0 saturated carbocycles. The zero-order valence-corrected chi connectivity index (χ0v) is 22.5. The molecule has 4 aromatic carbocycles. The second-order valence-corrected chi connectivity index (χ2v) is 9.63. The van der Waals surface area contributed by atoms with Crippen molar-refractivity contribution in [1.82, 2.24) is 15.6 Å². The fourth-order valence-corrected chi connectivity index (χ4v) is 5.30. The highest BCUT2D eigenvalue weighted by Gasteiger charge is 2.40. The van der Waals surface area contributed by atoms with Crippen molar-refractivity contribution in [3.05, 3.63) is 144 Å². The summed E-state index contributed by atoms with van der Waals surface area (Å²) in [4.78, 5) is 29.4. The Labute approximate surface area is 234 Å². The topological polar surface area (TPSA) is 83.2 Å². The highest BCUT2D eigenvalue weighted by atomic mass is 16.5. The number of rotatable bonds is 11. The Hall–Kier alpha value is -4.68. The molecule has 0 radical (unpaired) electrons. The van der Waals surface area contributed by atoms with Crippen molar-refractivity contribution in [2.45, 2.75) is 24.9 Å². The molecule has 0 saturated heterocycles. The van der Waals surface area contributed by atoms with Crippen LogP contribution in [-0.4, -0.2) is 36.1 Å². The molecule has 5 rings (SSSR count). The van der Waals surface area contributed by atoms with E-state index in [1.165, 1.54) is 0 Å². The fraction of sp³-hybridized carbons (Fsp3) is 0.176. The van der Waals surface area contributed by atoms with Crippen molar-refractivity contribution in [3.63, 3.8) is 0 Å². The molecule has 202 valence electrons. The van der Waals surface area contributed by atoms with Crippen molar-refractivity contribution in [1.29, 1.82) is 0 Å². The molecule has 0 aliphatic rings. The van der Waals surface area contributed by atoms with E-state index in [4.69, 9.17) is 4.74 Å². The van der Waals surface area contributed by atoms with Crippen molar-refractivity contribution in [3.8, 4) is 0 Å². The molecule has 3 N–H and O–H groups in total. The van der Waals surface area contributed by atoms with Gasteiger partial charge in [0.05, 0.1) is 18.2 Å². The largest absolute Gasteiger partial charge is 0.465 e. The minimum absolute atomic E-state index is 0.201. The van der Waals surface area contributed by atoms with Crippen LogP contribution in [-0.2, 0) is 26.3 Å². The third-order valence-electron chi connectivity index (χ3n) is 7.14. The number of hydrogen-bond donors (Lipinski definition) is 3. The third-order valence-corrected chi connectivity index (χ3v) is 7.14. The molecule has 0 fully saturated rings. The molecule has 1 atom stereocenters. The van der Waals surface area contributed by atoms with Gasteiger partial charge in [-0.3, -0.25) is 14.9 Å². The molecule has 0 spiro atoms. The summed E-state index contributed by atoms with van der Waals surface area (Å²) in [5, 5.41) is 7.67. The van der Waals surface area contributed by atoms with Gasteiger partial charge in [0.25, 0.3) is 0 Å². The van der Waals surface area contributed by atoms with Crippen LogP contribution < -0.4 is 10.6 Å². The minimum atomic E-state index is -0.859. The normalized spacial score (nSPS) is 12.1. The van der Waals surface area contributed by atoms with Crippen LogP contribution in [0.1, 0.15) is 29.2 Å². The van der Waals surface area contributed by atoms with Gasteiger partial charge in [0.2, 0.25) is 5.91 Å². The number of nitrogens with one attached hydrogen (secondary N) is 3. The van der Waals surface area contributed by atoms with E-state index in [-0.39, 0.29) is 19.1 Å². The van der Waals surface area contributed by atoms with E-state index in [0.29, 0.717) is 6.42 Å². The lowest BCUT2D eigenvalue weighted by molar-refractivity contribution is -0.143. The van der Waals surface area contributed by atoms with E-state index in [2.05, 4.69) is 52.0 Å². The van der Waals surface area contributed by atoms with Gasteiger partial charge < -0.3 is 15.0 Å². The first kappa shape index (κ1) is 26.9. The molecule has 0 aliphatic heterocycles. The van der Waals surface area contributed by atoms with Gasteiger partial charge in [-0.15, -0.1) is 0 Å². The van der Waals surface area contributed by atoms with Crippen LogP contribution in [0.5, 0.6) is 0 Å². The van der Waals surface area contributed by atoms with Crippen LogP contribution in [0.3, 0.4) is 0 Å². The van der Waals surface area contributed by atoms with Crippen LogP contribution in [0.4, 0.5) is 0 Å². The van der Waals surface area contributed by atoms with E-state index < -0.39 is 17.6 Å². The summed E-state index contributed by atoms with van der Waals surface area (Å²) in [7, 11) is 0. The zero-order valence-electron chi connectivity index (χ0n) is 22.5. The van der Waals surface area contributed by atoms with Crippen molar-refractivity contribution < 1.29 is 14.3 Å². The van der Waals surface area contributed by atoms with Gasteiger partial charge in [0.15, 0.2) is 0 Å². The van der Waals surface area contributed by atoms with Gasteiger partial charge in [0, 0.05) is 17.1 Å². The van der Waals surface area contributed by atoms with Crippen LogP contribution in [0.25, 0.3) is 10.9 Å². The smallest absolute Gasteiger partial charge is 0.325 e. The van der Waals surface area contributed by atoms with Gasteiger partial charge in [-0.05, 0) is 41.7 Å². The summed E-state index contributed by atoms with van der Waals surface area (Å²) < 4.78 is 5.07. The lowest BCUT2D eigenvalue weighted by Crippen LogP contribution is -2.56. The molecule has 1 unspecified atom stereocenters. The Bertz CT molecular complexity index is 1450. The molecule has 1 heterocycles. The minimum Gasteiger partial charge on any atom is -0.465 e. The van der Waals surface area contributed by atoms with Gasteiger partial charge in [-0.25, -0.2) is 0 Å². The molecule has 5 aromatic rings. The number of para-hydroxylation sites is 1. The first-order valence-corrected chi connectivity index (χ1v) is 13.5. The molecular formula is C34H33N3O3. The maximum absolute atomic E-state index is 13.9. The van der Waals surface area contributed by atoms with Gasteiger partial charge in [0.1, 0.15) is 6.54 Å². The summed E-state index contributed by atoms with van der Waals surface area (Å²) in [5.74, 6) is -0.757.